The second-order valence-corrected chi connectivity index (χ2v) is 8.58. The van der Waals surface area contributed by atoms with Crippen molar-refractivity contribution in [2.45, 2.75) is 20.8 Å². The number of hydrogen-bond acceptors (Lipinski definition) is 6. The van der Waals surface area contributed by atoms with Crippen molar-refractivity contribution in [1.82, 2.24) is 0 Å². The highest BCUT2D eigenvalue weighted by atomic mass is 32.2. The number of amides is 1. The second-order valence-electron chi connectivity index (χ2n) is 6.67. The van der Waals surface area contributed by atoms with E-state index in [0.29, 0.717) is 22.4 Å². The topological polar surface area (TPSA) is 110 Å². The van der Waals surface area contributed by atoms with E-state index in [2.05, 4.69) is 5.32 Å². The molecule has 0 heterocycles. The maximum absolute atomic E-state index is 12.6. The van der Waals surface area contributed by atoms with Gasteiger partial charge in [-0.3, -0.25) is 13.9 Å². The Bertz CT molecular complexity index is 1080. The molecule has 0 unspecified atom stereocenters. The lowest BCUT2D eigenvalue weighted by Crippen LogP contribution is -2.37. The van der Waals surface area contributed by atoms with Crippen LogP contribution in [-0.2, 0) is 19.6 Å². The van der Waals surface area contributed by atoms with Crippen LogP contribution in [0.4, 0.5) is 11.4 Å². The minimum Gasteiger partial charge on any atom is -0.462 e. The average Bonchev–Trinajstić information content (AvgIpc) is 2.67. The Balaban J connectivity index is 2.22. The Labute approximate surface area is 175 Å². The number of carbonyl (C=O) groups is 3. The first-order valence-electron chi connectivity index (χ1n) is 9.19. The van der Waals surface area contributed by atoms with Gasteiger partial charge in [0.25, 0.3) is 0 Å². The van der Waals surface area contributed by atoms with Crippen LogP contribution in [0.25, 0.3) is 0 Å². The first kappa shape index (κ1) is 23.1. The number of esters is 1. The lowest BCUT2D eigenvalue weighted by molar-refractivity contribution is -0.114. The first-order valence-corrected chi connectivity index (χ1v) is 11.0. The summed E-state index contributed by atoms with van der Waals surface area (Å²) in [7, 11) is -3.78. The van der Waals surface area contributed by atoms with E-state index in [1.54, 1.807) is 38.1 Å². The van der Waals surface area contributed by atoms with Crippen LogP contribution in [0.5, 0.6) is 0 Å². The number of carbonyl (C=O) groups excluding carboxylic acids is 3. The SMILES string of the molecule is CCOC(=O)c1ccc(NC(=O)CN(c2cccc(C(C)=O)c2)S(C)(=O)=O)c(C)c1. The summed E-state index contributed by atoms with van der Waals surface area (Å²) in [5.41, 5.74) is 1.98. The van der Waals surface area contributed by atoms with Gasteiger partial charge in [0, 0.05) is 11.3 Å². The predicted molar refractivity (Wildman–Crippen MR) is 114 cm³/mol. The molecule has 0 saturated carbocycles. The van der Waals surface area contributed by atoms with E-state index in [9.17, 15) is 22.8 Å². The molecular formula is C21H24N2O6S. The lowest BCUT2D eigenvalue weighted by Gasteiger charge is -2.22. The molecule has 160 valence electrons. The Morgan fingerprint density at radius 2 is 1.77 bits per heavy atom. The van der Waals surface area contributed by atoms with Gasteiger partial charge in [0.05, 0.1) is 24.1 Å². The van der Waals surface area contributed by atoms with E-state index in [-0.39, 0.29) is 18.1 Å². The molecule has 9 heteroatoms. The molecule has 0 saturated heterocycles. The summed E-state index contributed by atoms with van der Waals surface area (Å²) in [5.74, 6) is -1.25. The number of nitrogens with zero attached hydrogens (tertiary/aromatic N) is 1. The number of rotatable bonds is 8. The van der Waals surface area contributed by atoms with Crippen molar-refractivity contribution in [2.24, 2.45) is 0 Å². The number of nitrogens with one attached hydrogen (secondary N) is 1. The van der Waals surface area contributed by atoms with Gasteiger partial charge < -0.3 is 10.1 Å². The summed E-state index contributed by atoms with van der Waals surface area (Å²) in [6, 6.07) is 10.7. The lowest BCUT2D eigenvalue weighted by atomic mass is 10.1. The van der Waals surface area contributed by atoms with Crippen LogP contribution < -0.4 is 9.62 Å². The monoisotopic (exact) mass is 432 g/mol. The van der Waals surface area contributed by atoms with Gasteiger partial charge in [-0.15, -0.1) is 0 Å². The van der Waals surface area contributed by atoms with Gasteiger partial charge in [-0.25, -0.2) is 13.2 Å². The molecule has 0 radical (unpaired) electrons. The molecule has 0 atom stereocenters. The summed E-state index contributed by atoms with van der Waals surface area (Å²) >= 11 is 0. The van der Waals surface area contributed by atoms with Crippen LogP contribution in [0.1, 0.15) is 40.1 Å². The fourth-order valence-corrected chi connectivity index (χ4v) is 3.59. The number of sulfonamides is 1. The Hall–Kier alpha value is -3.20. The van der Waals surface area contributed by atoms with Gasteiger partial charge in [-0.1, -0.05) is 12.1 Å². The molecule has 2 aromatic rings. The second kappa shape index (κ2) is 9.53. The summed E-state index contributed by atoms with van der Waals surface area (Å²) in [5, 5.41) is 2.65. The van der Waals surface area contributed by atoms with Crippen LogP contribution in [0, 0.1) is 6.92 Å². The van der Waals surface area contributed by atoms with Crippen molar-refractivity contribution >= 4 is 39.1 Å². The number of benzene rings is 2. The third-order valence-electron chi connectivity index (χ3n) is 4.24. The van der Waals surface area contributed by atoms with Crippen molar-refractivity contribution in [1.29, 1.82) is 0 Å². The molecule has 0 fully saturated rings. The molecule has 0 aliphatic heterocycles. The maximum atomic E-state index is 12.6. The summed E-state index contributed by atoms with van der Waals surface area (Å²) in [6.45, 7) is 4.57. The normalized spacial score (nSPS) is 10.9. The molecule has 0 aliphatic rings. The number of anilines is 2. The van der Waals surface area contributed by atoms with Gasteiger partial charge >= 0.3 is 5.97 Å². The third kappa shape index (κ3) is 5.90. The number of ketones is 1. The van der Waals surface area contributed by atoms with Gasteiger partial charge in [0.2, 0.25) is 15.9 Å². The molecule has 1 amide bonds. The zero-order chi connectivity index (χ0) is 22.5. The van der Waals surface area contributed by atoms with E-state index in [4.69, 9.17) is 4.74 Å². The Morgan fingerprint density at radius 1 is 1.07 bits per heavy atom. The molecule has 0 aliphatic carbocycles. The standard InChI is InChI=1S/C21H24N2O6S/c1-5-29-21(26)17-9-10-19(14(2)11-17)22-20(25)13-23(30(4,27)28)18-8-6-7-16(12-18)15(3)24/h6-12H,5,13H2,1-4H3,(H,22,25). The number of hydrogen-bond donors (Lipinski definition) is 1. The highest BCUT2D eigenvalue weighted by molar-refractivity contribution is 7.92. The van der Waals surface area contributed by atoms with Crippen molar-refractivity contribution in [3.8, 4) is 0 Å². The summed E-state index contributed by atoms with van der Waals surface area (Å²) in [6.07, 6.45) is 0.986. The van der Waals surface area contributed by atoms with Crippen molar-refractivity contribution in [3.63, 3.8) is 0 Å². The number of ether oxygens (including phenoxy) is 1. The Kier molecular flexibility index (Phi) is 7.33. The maximum Gasteiger partial charge on any atom is 0.338 e. The van der Waals surface area contributed by atoms with Crippen molar-refractivity contribution in [2.75, 3.05) is 29.0 Å². The van der Waals surface area contributed by atoms with E-state index in [1.165, 1.54) is 25.1 Å². The van der Waals surface area contributed by atoms with E-state index >= 15 is 0 Å². The number of aryl methyl sites for hydroxylation is 1. The van der Waals surface area contributed by atoms with Crippen LogP contribution in [0.15, 0.2) is 42.5 Å². The van der Waals surface area contributed by atoms with Gasteiger partial charge in [0.15, 0.2) is 5.78 Å². The van der Waals surface area contributed by atoms with E-state index in [0.717, 1.165) is 10.6 Å². The highest BCUT2D eigenvalue weighted by Gasteiger charge is 2.22. The molecule has 2 rings (SSSR count). The largest absolute Gasteiger partial charge is 0.462 e. The zero-order valence-electron chi connectivity index (χ0n) is 17.3. The smallest absolute Gasteiger partial charge is 0.338 e. The Morgan fingerprint density at radius 3 is 2.33 bits per heavy atom. The van der Waals surface area contributed by atoms with Crippen LogP contribution in [-0.4, -0.2) is 45.5 Å². The van der Waals surface area contributed by atoms with E-state index in [1.807, 2.05) is 0 Å². The molecule has 0 aromatic heterocycles. The minimum atomic E-state index is -3.78. The average molecular weight is 432 g/mol. The number of Topliss-reactive ketones (excluding diaryl/α,β-unsaturated/α-hetero) is 1. The van der Waals surface area contributed by atoms with Gasteiger partial charge in [-0.2, -0.15) is 0 Å². The predicted octanol–water partition coefficient (Wildman–Crippen LogP) is 2.78. The van der Waals surface area contributed by atoms with Crippen LogP contribution >= 0.6 is 0 Å². The molecule has 0 bridgehead atoms. The highest BCUT2D eigenvalue weighted by Crippen LogP contribution is 2.21. The fourth-order valence-electron chi connectivity index (χ4n) is 2.75. The summed E-state index contributed by atoms with van der Waals surface area (Å²) in [4.78, 5) is 36.0. The quantitative estimate of drug-likeness (QED) is 0.507. The summed E-state index contributed by atoms with van der Waals surface area (Å²) < 4.78 is 30.4. The first-order chi connectivity index (χ1) is 14.0. The molecule has 2 aromatic carbocycles. The van der Waals surface area contributed by atoms with Crippen LogP contribution in [0.3, 0.4) is 0 Å². The zero-order valence-corrected chi connectivity index (χ0v) is 18.1. The minimum absolute atomic E-state index is 0.216. The third-order valence-corrected chi connectivity index (χ3v) is 5.38. The fraction of sp³-hybridized carbons (Fsp3) is 0.286. The van der Waals surface area contributed by atoms with Crippen molar-refractivity contribution in [3.05, 3.63) is 59.2 Å². The molecule has 30 heavy (non-hydrogen) atoms. The van der Waals surface area contributed by atoms with Crippen molar-refractivity contribution < 1.29 is 27.5 Å². The van der Waals surface area contributed by atoms with Gasteiger partial charge in [-0.05, 0) is 56.7 Å². The molecule has 1 N–H and O–H groups in total. The van der Waals surface area contributed by atoms with E-state index < -0.39 is 28.4 Å². The molecule has 8 nitrogen and oxygen atoms in total. The molecular weight excluding hydrogens is 408 g/mol. The molecule has 0 spiro atoms. The van der Waals surface area contributed by atoms with Gasteiger partial charge in [0.1, 0.15) is 6.54 Å². The van der Waals surface area contributed by atoms with Crippen LogP contribution in [0.2, 0.25) is 0 Å².